The molecule has 180 valence electrons. The van der Waals surface area contributed by atoms with Crippen molar-refractivity contribution in [3.8, 4) is 0 Å². The van der Waals surface area contributed by atoms with Crippen LogP contribution in [0.25, 0.3) is 21.8 Å². The molecule has 0 aliphatic heterocycles. The second-order valence-corrected chi connectivity index (χ2v) is 9.17. The van der Waals surface area contributed by atoms with Gasteiger partial charge >= 0.3 is 5.97 Å². The topological polar surface area (TPSA) is 117 Å². The van der Waals surface area contributed by atoms with Crippen LogP contribution in [0.1, 0.15) is 58.2 Å². The van der Waals surface area contributed by atoms with Gasteiger partial charge in [0.2, 0.25) is 0 Å². The number of carbonyl (C=O) groups is 2. The molecule has 3 atom stereocenters. The molecule has 2 N–H and O–H groups in total. The Labute approximate surface area is 201 Å². The van der Waals surface area contributed by atoms with Gasteiger partial charge in [0, 0.05) is 17.0 Å². The van der Waals surface area contributed by atoms with Crippen molar-refractivity contribution in [1.82, 2.24) is 9.72 Å². The molecule has 1 fully saturated rings. The van der Waals surface area contributed by atoms with Crippen LogP contribution in [-0.4, -0.2) is 34.6 Å². The van der Waals surface area contributed by atoms with Crippen molar-refractivity contribution >= 4 is 33.6 Å². The van der Waals surface area contributed by atoms with Gasteiger partial charge in [-0.15, -0.1) is 0 Å². The molecule has 35 heavy (non-hydrogen) atoms. The van der Waals surface area contributed by atoms with E-state index in [0.717, 1.165) is 19.3 Å². The Balaban J connectivity index is 1.63. The number of hydrogen-bond acceptors (Lipinski definition) is 7. The predicted octanol–water partition coefficient (Wildman–Crippen LogP) is 4.18. The number of aromatic nitrogens is 2. The number of fused-ring (bicyclic) bond motifs is 3. The molecule has 0 amide bonds. The minimum atomic E-state index is -0.677. The Morgan fingerprint density at radius 2 is 1.91 bits per heavy atom. The standard InChI is InChI=1S/C27H27N3O5/c1-15-21-23(29-35-15)19-12-7-13-20(27(33)34-2)24(19)30(26(21)32)18-11-6-10-17(14-18)22(28)25(31)16-8-4-3-5-9-16/h3-5,7-9,12-13,17-18,22H,6,10-11,14,28H2,1-2H3. The number of para-hydroxylation sites is 1. The second-order valence-electron chi connectivity index (χ2n) is 9.17. The van der Waals surface area contributed by atoms with Gasteiger partial charge in [0.1, 0.15) is 16.7 Å². The van der Waals surface area contributed by atoms with Crippen molar-refractivity contribution in [1.29, 1.82) is 0 Å². The van der Waals surface area contributed by atoms with Crippen LogP contribution in [0.5, 0.6) is 0 Å². The van der Waals surface area contributed by atoms with Crippen LogP contribution in [0.3, 0.4) is 0 Å². The van der Waals surface area contributed by atoms with Crippen molar-refractivity contribution < 1.29 is 18.8 Å². The molecule has 5 rings (SSSR count). The molecule has 2 aromatic heterocycles. The van der Waals surface area contributed by atoms with Crippen LogP contribution < -0.4 is 11.3 Å². The molecular weight excluding hydrogens is 446 g/mol. The third kappa shape index (κ3) is 3.83. The maximum absolute atomic E-state index is 13.8. The number of ketones is 1. The first-order chi connectivity index (χ1) is 16.9. The number of hydrogen-bond donors (Lipinski definition) is 1. The number of pyridine rings is 1. The number of rotatable bonds is 5. The molecule has 0 saturated heterocycles. The lowest BCUT2D eigenvalue weighted by Crippen LogP contribution is -2.42. The summed E-state index contributed by atoms with van der Waals surface area (Å²) in [5, 5.41) is 5.15. The number of nitrogens with zero attached hydrogens (tertiary/aromatic N) is 2. The average molecular weight is 474 g/mol. The lowest BCUT2D eigenvalue weighted by molar-refractivity contribution is 0.0602. The fraction of sp³-hybridized carbons (Fsp3) is 0.333. The first-order valence-corrected chi connectivity index (χ1v) is 11.8. The summed E-state index contributed by atoms with van der Waals surface area (Å²) in [7, 11) is 1.31. The van der Waals surface area contributed by atoms with Gasteiger partial charge in [-0.2, -0.15) is 0 Å². The maximum Gasteiger partial charge on any atom is 0.340 e. The number of benzene rings is 2. The zero-order valence-electron chi connectivity index (χ0n) is 19.7. The van der Waals surface area contributed by atoms with E-state index in [1.807, 2.05) is 24.3 Å². The van der Waals surface area contributed by atoms with Crippen LogP contribution in [0, 0.1) is 12.8 Å². The quantitative estimate of drug-likeness (QED) is 0.341. The number of esters is 1. The molecule has 1 saturated carbocycles. The highest BCUT2D eigenvalue weighted by molar-refractivity contribution is 6.11. The SMILES string of the molecule is COC(=O)c1cccc2c3noc(C)c3c(=O)n(C3CCCC(C(N)C(=O)c4ccccc4)C3)c12. The van der Waals surface area contributed by atoms with E-state index >= 15 is 0 Å². The molecule has 0 radical (unpaired) electrons. The summed E-state index contributed by atoms with van der Waals surface area (Å²) in [6, 6.07) is 13.3. The molecule has 3 unspecified atom stereocenters. The lowest BCUT2D eigenvalue weighted by Gasteiger charge is -2.34. The van der Waals surface area contributed by atoms with Crippen LogP contribution in [0.4, 0.5) is 0 Å². The Kier molecular flexibility index (Phi) is 5.98. The number of methoxy groups -OCH3 is 1. The van der Waals surface area contributed by atoms with Crippen molar-refractivity contribution in [2.24, 2.45) is 11.7 Å². The normalized spacial score (nSPS) is 19.1. The van der Waals surface area contributed by atoms with E-state index in [4.69, 9.17) is 15.0 Å². The summed E-state index contributed by atoms with van der Waals surface area (Å²) >= 11 is 0. The molecule has 4 aromatic rings. The van der Waals surface area contributed by atoms with Crippen molar-refractivity contribution in [2.75, 3.05) is 7.11 Å². The minimum absolute atomic E-state index is 0.103. The molecule has 1 aliphatic carbocycles. The Morgan fingerprint density at radius 3 is 2.66 bits per heavy atom. The largest absolute Gasteiger partial charge is 0.465 e. The molecule has 2 aromatic carbocycles. The number of carbonyl (C=O) groups excluding carboxylic acids is 2. The third-order valence-corrected chi connectivity index (χ3v) is 7.15. The predicted molar refractivity (Wildman–Crippen MR) is 132 cm³/mol. The number of nitrogens with two attached hydrogens (primary N) is 1. The van der Waals surface area contributed by atoms with Crippen molar-refractivity contribution in [3.05, 3.63) is 75.8 Å². The average Bonchev–Trinajstić information content (AvgIpc) is 3.30. The molecule has 8 heteroatoms. The van der Waals surface area contributed by atoms with E-state index in [1.54, 1.807) is 35.8 Å². The van der Waals surface area contributed by atoms with Gasteiger partial charge in [-0.25, -0.2) is 4.79 Å². The molecule has 0 spiro atoms. The van der Waals surface area contributed by atoms with Crippen molar-refractivity contribution in [3.63, 3.8) is 0 Å². The first-order valence-electron chi connectivity index (χ1n) is 11.8. The summed E-state index contributed by atoms with van der Waals surface area (Å²) in [4.78, 5) is 39.6. The molecule has 0 bridgehead atoms. The highest BCUT2D eigenvalue weighted by atomic mass is 16.5. The molecule has 2 heterocycles. The Morgan fingerprint density at radius 1 is 1.14 bits per heavy atom. The zero-order valence-corrected chi connectivity index (χ0v) is 19.7. The van der Waals surface area contributed by atoms with Crippen LogP contribution in [0.2, 0.25) is 0 Å². The monoisotopic (exact) mass is 473 g/mol. The van der Waals surface area contributed by atoms with E-state index in [-0.39, 0.29) is 28.9 Å². The zero-order chi connectivity index (χ0) is 24.7. The number of Topliss-reactive ketones (excluding diaryl/α,β-unsaturated/α-hetero) is 1. The molecule has 8 nitrogen and oxygen atoms in total. The Bertz CT molecular complexity index is 1490. The van der Waals surface area contributed by atoms with E-state index in [0.29, 0.717) is 39.6 Å². The van der Waals surface area contributed by atoms with Crippen LogP contribution in [0.15, 0.2) is 57.8 Å². The van der Waals surface area contributed by atoms with Gasteiger partial charge in [-0.05, 0) is 38.2 Å². The Hall–Kier alpha value is -3.78. The van der Waals surface area contributed by atoms with Gasteiger partial charge in [-0.3, -0.25) is 9.59 Å². The summed E-state index contributed by atoms with van der Waals surface area (Å²) in [5.74, 6) is -0.318. The fourth-order valence-electron chi connectivity index (χ4n) is 5.42. The summed E-state index contributed by atoms with van der Waals surface area (Å²) < 4.78 is 12.1. The van der Waals surface area contributed by atoms with Gasteiger partial charge in [-0.1, -0.05) is 54.0 Å². The van der Waals surface area contributed by atoms with Gasteiger partial charge < -0.3 is 19.6 Å². The summed E-state index contributed by atoms with van der Waals surface area (Å²) in [6.45, 7) is 1.70. The van der Waals surface area contributed by atoms with Crippen molar-refractivity contribution in [2.45, 2.75) is 44.7 Å². The summed E-state index contributed by atoms with van der Waals surface area (Å²) in [5.41, 5.74) is 7.98. The van der Waals surface area contributed by atoms with Crippen LogP contribution in [-0.2, 0) is 4.74 Å². The fourth-order valence-corrected chi connectivity index (χ4v) is 5.42. The smallest absolute Gasteiger partial charge is 0.340 e. The van der Waals surface area contributed by atoms with Crippen LogP contribution >= 0.6 is 0 Å². The van der Waals surface area contributed by atoms with Gasteiger partial charge in [0.25, 0.3) is 5.56 Å². The third-order valence-electron chi connectivity index (χ3n) is 7.15. The number of ether oxygens (including phenoxy) is 1. The van der Waals surface area contributed by atoms with E-state index < -0.39 is 12.0 Å². The highest BCUT2D eigenvalue weighted by Gasteiger charge is 2.34. The van der Waals surface area contributed by atoms with E-state index in [1.165, 1.54) is 7.11 Å². The summed E-state index contributed by atoms with van der Waals surface area (Å²) in [6.07, 6.45) is 2.87. The second kappa shape index (κ2) is 9.11. The molecule has 1 aliphatic rings. The van der Waals surface area contributed by atoms with Gasteiger partial charge in [0.15, 0.2) is 5.78 Å². The highest BCUT2D eigenvalue weighted by Crippen LogP contribution is 2.37. The maximum atomic E-state index is 13.8. The van der Waals surface area contributed by atoms with E-state index in [2.05, 4.69) is 5.16 Å². The van der Waals surface area contributed by atoms with E-state index in [9.17, 15) is 14.4 Å². The van der Waals surface area contributed by atoms with Gasteiger partial charge in [0.05, 0.1) is 24.2 Å². The first kappa shape index (κ1) is 23.0. The minimum Gasteiger partial charge on any atom is -0.465 e. The lowest BCUT2D eigenvalue weighted by atomic mass is 9.79. The number of aryl methyl sites for hydroxylation is 1. The molecular formula is C27H27N3O5.